The first-order chi connectivity index (χ1) is 16.4. The summed E-state index contributed by atoms with van der Waals surface area (Å²) in [5.74, 6) is 0. The highest BCUT2D eigenvalue weighted by Gasteiger charge is 2.15. The van der Waals surface area contributed by atoms with Crippen molar-refractivity contribution < 1.29 is 0 Å². The SMILES string of the molecule is Cc1cnc2c(c1)c(-c1ccc(-c3cccc4cc(C(C)(C)C)ccc34)cn1)cc1ccsc12. The molecule has 34 heavy (non-hydrogen) atoms. The lowest BCUT2D eigenvalue weighted by Gasteiger charge is -2.20. The monoisotopic (exact) mass is 458 g/mol. The van der Waals surface area contributed by atoms with Crippen LogP contribution in [0.4, 0.5) is 0 Å². The number of fused-ring (bicyclic) bond motifs is 4. The standard InChI is InChI=1S/C31H26N2S/c1-19-14-27-26(16-21-12-13-34-30(21)29(27)33-17-19)28-11-8-22(18-32-28)24-7-5-6-20-15-23(31(2,3)4)9-10-25(20)24/h5-18H,1-4H3. The van der Waals surface area contributed by atoms with Gasteiger partial charge in [0.2, 0.25) is 0 Å². The highest BCUT2D eigenvalue weighted by atomic mass is 32.1. The molecule has 6 rings (SSSR count). The second-order valence-corrected chi connectivity index (χ2v) is 11.0. The molecule has 0 atom stereocenters. The van der Waals surface area contributed by atoms with E-state index in [0.717, 1.165) is 33.3 Å². The van der Waals surface area contributed by atoms with E-state index in [0.29, 0.717) is 0 Å². The van der Waals surface area contributed by atoms with Gasteiger partial charge in [-0.3, -0.25) is 9.97 Å². The van der Waals surface area contributed by atoms with Gasteiger partial charge >= 0.3 is 0 Å². The van der Waals surface area contributed by atoms with Crippen molar-refractivity contribution in [2.75, 3.05) is 0 Å². The second-order valence-electron chi connectivity index (χ2n) is 10.1. The average Bonchev–Trinajstić information content (AvgIpc) is 3.31. The quantitative estimate of drug-likeness (QED) is 0.259. The van der Waals surface area contributed by atoms with E-state index in [-0.39, 0.29) is 5.41 Å². The molecule has 0 spiro atoms. The van der Waals surface area contributed by atoms with Crippen LogP contribution in [-0.2, 0) is 5.41 Å². The number of rotatable bonds is 2. The van der Waals surface area contributed by atoms with E-state index < -0.39 is 0 Å². The molecule has 0 saturated heterocycles. The number of thiophene rings is 1. The van der Waals surface area contributed by atoms with Gasteiger partial charge in [-0.25, -0.2) is 0 Å². The number of benzene rings is 3. The van der Waals surface area contributed by atoms with Gasteiger partial charge in [0.05, 0.1) is 15.9 Å². The van der Waals surface area contributed by atoms with Crippen LogP contribution in [0, 0.1) is 6.92 Å². The predicted molar refractivity (Wildman–Crippen MR) is 147 cm³/mol. The van der Waals surface area contributed by atoms with Crippen LogP contribution in [0.1, 0.15) is 31.9 Å². The number of hydrogen-bond acceptors (Lipinski definition) is 3. The Kier molecular flexibility index (Phi) is 4.79. The largest absolute Gasteiger partial charge is 0.256 e. The molecule has 3 aromatic carbocycles. The molecule has 3 aromatic heterocycles. The minimum Gasteiger partial charge on any atom is -0.256 e. The summed E-state index contributed by atoms with van der Waals surface area (Å²) < 4.78 is 1.24. The lowest BCUT2D eigenvalue weighted by atomic mass is 9.85. The Balaban J connectivity index is 1.47. The maximum atomic E-state index is 4.94. The zero-order valence-electron chi connectivity index (χ0n) is 19.9. The molecule has 0 fully saturated rings. The van der Waals surface area contributed by atoms with Crippen LogP contribution in [0.5, 0.6) is 0 Å². The van der Waals surface area contributed by atoms with E-state index in [4.69, 9.17) is 9.97 Å². The number of nitrogens with zero attached hydrogens (tertiary/aromatic N) is 2. The van der Waals surface area contributed by atoms with Crippen molar-refractivity contribution in [3.05, 3.63) is 95.6 Å². The summed E-state index contributed by atoms with van der Waals surface area (Å²) in [5, 5.41) is 7.05. The van der Waals surface area contributed by atoms with Crippen molar-refractivity contribution in [3.8, 4) is 22.4 Å². The molecular formula is C31H26N2S. The summed E-state index contributed by atoms with van der Waals surface area (Å²) in [4.78, 5) is 9.71. The summed E-state index contributed by atoms with van der Waals surface area (Å²) in [6.07, 6.45) is 3.96. The average molecular weight is 459 g/mol. The van der Waals surface area contributed by atoms with Gasteiger partial charge in [-0.1, -0.05) is 63.2 Å². The lowest BCUT2D eigenvalue weighted by Crippen LogP contribution is -2.10. The Hall–Kier alpha value is -3.56. The van der Waals surface area contributed by atoms with Crippen LogP contribution in [-0.4, -0.2) is 9.97 Å². The molecule has 0 bridgehead atoms. The zero-order chi connectivity index (χ0) is 23.4. The Labute approximate surface area is 203 Å². The van der Waals surface area contributed by atoms with Gasteiger partial charge < -0.3 is 0 Å². The minimum absolute atomic E-state index is 0.132. The fraction of sp³-hybridized carbons (Fsp3) is 0.161. The van der Waals surface area contributed by atoms with Crippen molar-refractivity contribution in [1.29, 1.82) is 0 Å². The molecule has 0 N–H and O–H groups in total. The first-order valence-corrected chi connectivity index (χ1v) is 12.5. The summed E-state index contributed by atoms with van der Waals surface area (Å²) in [6, 6.07) is 24.4. The van der Waals surface area contributed by atoms with E-state index in [9.17, 15) is 0 Å². The Morgan fingerprint density at radius 1 is 0.735 bits per heavy atom. The highest BCUT2D eigenvalue weighted by molar-refractivity contribution is 7.18. The van der Waals surface area contributed by atoms with Gasteiger partial charge in [-0.05, 0) is 74.8 Å². The van der Waals surface area contributed by atoms with E-state index in [1.807, 2.05) is 12.4 Å². The minimum atomic E-state index is 0.132. The summed E-state index contributed by atoms with van der Waals surface area (Å²) in [6.45, 7) is 8.87. The lowest BCUT2D eigenvalue weighted by molar-refractivity contribution is 0.591. The summed E-state index contributed by atoms with van der Waals surface area (Å²) in [7, 11) is 0. The summed E-state index contributed by atoms with van der Waals surface area (Å²) >= 11 is 1.75. The van der Waals surface area contributed by atoms with E-state index in [1.165, 1.54) is 32.0 Å². The number of aryl methyl sites for hydroxylation is 1. The third-order valence-corrected chi connectivity index (χ3v) is 7.56. The maximum Gasteiger partial charge on any atom is 0.0887 e. The molecule has 0 aliphatic carbocycles. The molecule has 0 aliphatic heterocycles. The fourth-order valence-corrected chi connectivity index (χ4v) is 5.63. The van der Waals surface area contributed by atoms with Gasteiger partial charge in [0, 0.05) is 28.9 Å². The van der Waals surface area contributed by atoms with Crippen LogP contribution >= 0.6 is 11.3 Å². The number of pyridine rings is 2. The molecule has 0 aliphatic rings. The van der Waals surface area contributed by atoms with Crippen molar-refractivity contribution >= 4 is 43.1 Å². The Morgan fingerprint density at radius 3 is 2.41 bits per heavy atom. The molecule has 6 aromatic rings. The van der Waals surface area contributed by atoms with E-state index in [1.54, 1.807) is 11.3 Å². The fourth-order valence-electron chi connectivity index (χ4n) is 4.74. The predicted octanol–water partition coefficient (Wildman–Crippen LogP) is 8.94. The molecule has 3 heterocycles. The second kappa shape index (κ2) is 7.75. The van der Waals surface area contributed by atoms with Gasteiger partial charge in [0.25, 0.3) is 0 Å². The molecule has 3 heteroatoms. The molecule has 0 radical (unpaired) electrons. The van der Waals surface area contributed by atoms with E-state index >= 15 is 0 Å². The maximum absolute atomic E-state index is 4.94. The topological polar surface area (TPSA) is 25.8 Å². The molecule has 0 saturated carbocycles. The van der Waals surface area contributed by atoms with Crippen LogP contribution < -0.4 is 0 Å². The van der Waals surface area contributed by atoms with Crippen molar-refractivity contribution in [3.63, 3.8) is 0 Å². The van der Waals surface area contributed by atoms with Crippen LogP contribution in [0.2, 0.25) is 0 Å². The van der Waals surface area contributed by atoms with Crippen LogP contribution in [0.15, 0.2) is 84.5 Å². The number of aromatic nitrogens is 2. The first kappa shape index (κ1) is 21.0. The molecule has 0 amide bonds. The van der Waals surface area contributed by atoms with Gasteiger partial charge in [-0.15, -0.1) is 11.3 Å². The van der Waals surface area contributed by atoms with Gasteiger partial charge in [0.1, 0.15) is 0 Å². The molecule has 166 valence electrons. The van der Waals surface area contributed by atoms with E-state index in [2.05, 4.69) is 99.8 Å². The molecule has 0 unspecified atom stereocenters. The van der Waals surface area contributed by atoms with Crippen LogP contribution in [0.3, 0.4) is 0 Å². The Bertz CT molecular complexity index is 1690. The Morgan fingerprint density at radius 2 is 1.62 bits per heavy atom. The smallest absolute Gasteiger partial charge is 0.0887 e. The molecule has 2 nitrogen and oxygen atoms in total. The van der Waals surface area contributed by atoms with Gasteiger partial charge in [0.15, 0.2) is 0 Å². The van der Waals surface area contributed by atoms with Crippen LogP contribution in [0.25, 0.3) is 54.1 Å². The molecular weight excluding hydrogens is 432 g/mol. The first-order valence-electron chi connectivity index (χ1n) is 11.7. The summed E-state index contributed by atoms with van der Waals surface area (Å²) in [5.41, 5.74) is 8.16. The third-order valence-electron chi connectivity index (χ3n) is 6.62. The normalized spacial score (nSPS) is 12.1. The highest BCUT2D eigenvalue weighted by Crippen LogP contribution is 2.37. The van der Waals surface area contributed by atoms with Crippen molar-refractivity contribution in [2.24, 2.45) is 0 Å². The van der Waals surface area contributed by atoms with Crippen molar-refractivity contribution in [2.45, 2.75) is 33.1 Å². The number of hydrogen-bond donors (Lipinski definition) is 0. The van der Waals surface area contributed by atoms with Crippen molar-refractivity contribution in [1.82, 2.24) is 9.97 Å². The third kappa shape index (κ3) is 3.48. The zero-order valence-corrected chi connectivity index (χ0v) is 20.7. The van der Waals surface area contributed by atoms with Gasteiger partial charge in [-0.2, -0.15) is 0 Å².